The molecule has 1 aromatic heterocycles. The van der Waals surface area contributed by atoms with E-state index in [1.807, 2.05) is 0 Å². The zero-order valence-electron chi connectivity index (χ0n) is 8.86. The van der Waals surface area contributed by atoms with Crippen molar-refractivity contribution in [2.75, 3.05) is 11.1 Å². The molecule has 16 heavy (non-hydrogen) atoms. The first-order valence-corrected chi connectivity index (χ1v) is 5.60. The molecule has 1 aromatic carbocycles. The van der Waals surface area contributed by atoms with Gasteiger partial charge in [-0.05, 0) is 24.0 Å². The van der Waals surface area contributed by atoms with Gasteiger partial charge in [0.25, 0.3) is 0 Å². The first kappa shape index (κ1) is 11.0. The van der Waals surface area contributed by atoms with E-state index in [4.69, 9.17) is 4.42 Å². The summed E-state index contributed by atoms with van der Waals surface area (Å²) in [5.41, 5.74) is 2.21. The zero-order chi connectivity index (χ0) is 11.5. The summed E-state index contributed by atoms with van der Waals surface area (Å²) in [6.45, 7) is 1.79. The molecule has 0 aliphatic rings. The van der Waals surface area contributed by atoms with E-state index >= 15 is 0 Å². The number of nitrogens with zero attached hydrogens (tertiary/aromatic N) is 1. The first-order chi connectivity index (χ1) is 7.69. The van der Waals surface area contributed by atoms with Crippen LogP contribution < -0.4 is 5.32 Å². The predicted molar refractivity (Wildman–Crippen MR) is 65.8 cm³/mol. The van der Waals surface area contributed by atoms with Crippen molar-refractivity contribution in [3.63, 3.8) is 0 Å². The maximum atomic E-state index is 11.3. The van der Waals surface area contributed by atoms with Crippen molar-refractivity contribution in [3.05, 3.63) is 24.1 Å². The van der Waals surface area contributed by atoms with Crippen LogP contribution in [0.25, 0.3) is 11.1 Å². The average Bonchev–Trinajstić information content (AvgIpc) is 2.57. The summed E-state index contributed by atoms with van der Waals surface area (Å²) in [5.74, 6) is 1.11. The van der Waals surface area contributed by atoms with Crippen LogP contribution in [0.3, 0.4) is 0 Å². The van der Waals surface area contributed by atoms with Crippen LogP contribution in [0.15, 0.2) is 22.6 Å². The van der Waals surface area contributed by atoms with Gasteiger partial charge in [0.1, 0.15) is 5.52 Å². The molecule has 0 aliphatic carbocycles. The Kier molecular flexibility index (Phi) is 3.14. The Morgan fingerprint density at radius 2 is 2.38 bits per heavy atom. The first-order valence-electron chi connectivity index (χ1n) is 4.97. The van der Waals surface area contributed by atoms with E-state index in [1.54, 1.807) is 25.1 Å². The van der Waals surface area contributed by atoms with Gasteiger partial charge in [-0.15, -0.1) is 0 Å². The van der Waals surface area contributed by atoms with Gasteiger partial charge >= 0.3 is 0 Å². The van der Waals surface area contributed by atoms with Crippen molar-refractivity contribution in [3.8, 4) is 0 Å². The molecule has 5 heteroatoms. The minimum Gasteiger partial charge on any atom is -0.441 e. The van der Waals surface area contributed by atoms with Gasteiger partial charge in [0.2, 0.25) is 5.91 Å². The second-order valence-electron chi connectivity index (χ2n) is 3.44. The third-order valence-corrected chi connectivity index (χ3v) is 2.34. The van der Waals surface area contributed by atoms with Crippen LogP contribution in [0.5, 0.6) is 0 Å². The Balaban J connectivity index is 2.22. The van der Waals surface area contributed by atoms with Gasteiger partial charge in [0.15, 0.2) is 11.5 Å². The normalized spacial score (nSPS) is 10.6. The number of amides is 1. The van der Waals surface area contributed by atoms with Gasteiger partial charge in [0.05, 0.1) is 0 Å². The predicted octanol–water partition coefficient (Wildman–Crippen LogP) is 2.39. The molecule has 0 radical (unpaired) electrons. The number of benzene rings is 1. The smallest absolute Gasteiger partial charge is 0.225 e. The minimum atomic E-state index is -0.0467. The van der Waals surface area contributed by atoms with E-state index in [2.05, 4.69) is 22.9 Å². The lowest BCUT2D eigenvalue weighted by atomic mass is 10.3. The largest absolute Gasteiger partial charge is 0.441 e. The van der Waals surface area contributed by atoms with Crippen LogP contribution in [0.2, 0.25) is 0 Å². The molecule has 0 saturated heterocycles. The molecule has 1 N–H and O–H groups in total. The van der Waals surface area contributed by atoms with Gasteiger partial charge < -0.3 is 9.73 Å². The van der Waals surface area contributed by atoms with E-state index < -0.39 is 0 Å². The maximum Gasteiger partial charge on any atom is 0.225 e. The van der Waals surface area contributed by atoms with Crippen molar-refractivity contribution in [1.82, 2.24) is 4.98 Å². The second-order valence-corrected chi connectivity index (χ2v) is 3.88. The van der Waals surface area contributed by atoms with Crippen molar-refractivity contribution < 1.29 is 9.21 Å². The SMILES string of the molecule is Cc1nc2cc(NC(=O)CCS)ccc2o1. The van der Waals surface area contributed by atoms with Gasteiger partial charge in [-0.2, -0.15) is 12.6 Å². The third-order valence-electron chi connectivity index (χ3n) is 2.12. The summed E-state index contributed by atoms with van der Waals surface area (Å²) in [6.07, 6.45) is 0.402. The number of thiol groups is 1. The molecule has 1 heterocycles. The number of hydrogen-bond donors (Lipinski definition) is 2. The Bertz CT molecular complexity index is 522. The average molecular weight is 236 g/mol. The molecular formula is C11H12N2O2S. The van der Waals surface area contributed by atoms with Crippen LogP contribution in [-0.2, 0) is 4.79 Å². The van der Waals surface area contributed by atoms with Crippen LogP contribution in [-0.4, -0.2) is 16.6 Å². The molecule has 0 unspecified atom stereocenters. The summed E-state index contributed by atoms with van der Waals surface area (Å²) < 4.78 is 5.34. The number of fused-ring (bicyclic) bond motifs is 1. The Morgan fingerprint density at radius 1 is 1.56 bits per heavy atom. The number of hydrogen-bond acceptors (Lipinski definition) is 4. The van der Waals surface area contributed by atoms with Gasteiger partial charge in [-0.25, -0.2) is 4.98 Å². The summed E-state index contributed by atoms with van der Waals surface area (Å²) in [4.78, 5) is 15.5. The Morgan fingerprint density at radius 3 is 3.12 bits per heavy atom. The van der Waals surface area contributed by atoms with Crippen LogP contribution in [0.4, 0.5) is 5.69 Å². The number of carbonyl (C=O) groups is 1. The Labute approximate surface area is 98.5 Å². The summed E-state index contributed by atoms with van der Waals surface area (Å²) in [7, 11) is 0. The fraction of sp³-hybridized carbons (Fsp3) is 0.273. The van der Waals surface area contributed by atoms with Crippen molar-refractivity contribution >= 4 is 35.3 Å². The number of carbonyl (C=O) groups excluding carboxylic acids is 1. The third kappa shape index (κ3) is 2.36. The molecule has 2 rings (SSSR count). The van der Waals surface area contributed by atoms with E-state index in [9.17, 15) is 4.79 Å². The van der Waals surface area contributed by atoms with Crippen molar-refractivity contribution in [2.24, 2.45) is 0 Å². The lowest BCUT2D eigenvalue weighted by Crippen LogP contribution is -2.11. The second kappa shape index (κ2) is 4.57. The zero-order valence-corrected chi connectivity index (χ0v) is 9.75. The molecule has 0 aliphatic heterocycles. The number of aromatic nitrogens is 1. The van der Waals surface area contributed by atoms with Crippen LogP contribution in [0.1, 0.15) is 12.3 Å². The highest BCUT2D eigenvalue weighted by atomic mass is 32.1. The van der Waals surface area contributed by atoms with Crippen molar-refractivity contribution in [2.45, 2.75) is 13.3 Å². The van der Waals surface area contributed by atoms with E-state index in [1.165, 1.54) is 0 Å². The standard InChI is InChI=1S/C11H12N2O2S/c1-7-12-9-6-8(2-3-10(9)15-7)13-11(14)4-5-16/h2-3,6,16H,4-5H2,1H3,(H,13,14). The molecule has 1 amide bonds. The number of aryl methyl sites for hydroxylation is 1. The van der Waals surface area contributed by atoms with Crippen LogP contribution >= 0.6 is 12.6 Å². The highest BCUT2D eigenvalue weighted by Crippen LogP contribution is 2.19. The molecule has 4 nitrogen and oxygen atoms in total. The molecule has 84 valence electrons. The van der Waals surface area contributed by atoms with Crippen LogP contribution in [0, 0.1) is 6.92 Å². The number of anilines is 1. The monoisotopic (exact) mass is 236 g/mol. The molecule has 0 spiro atoms. The van der Waals surface area contributed by atoms with E-state index in [0.29, 0.717) is 18.1 Å². The number of nitrogens with one attached hydrogen (secondary N) is 1. The quantitative estimate of drug-likeness (QED) is 0.804. The lowest BCUT2D eigenvalue weighted by Gasteiger charge is -2.02. The summed E-state index contributed by atoms with van der Waals surface area (Å²) >= 11 is 4.00. The molecule has 0 fully saturated rings. The fourth-order valence-corrected chi connectivity index (χ4v) is 1.65. The molecule has 0 bridgehead atoms. The lowest BCUT2D eigenvalue weighted by molar-refractivity contribution is -0.115. The minimum absolute atomic E-state index is 0.0467. The highest BCUT2D eigenvalue weighted by molar-refractivity contribution is 7.80. The molecular weight excluding hydrogens is 224 g/mol. The molecule has 0 saturated carbocycles. The Hall–Kier alpha value is -1.49. The summed E-state index contributed by atoms with van der Waals surface area (Å²) in [5, 5.41) is 2.77. The number of rotatable bonds is 3. The molecule has 0 atom stereocenters. The maximum absolute atomic E-state index is 11.3. The topological polar surface area (TPSA) is 55.1 Å². The molecule has 2 aromatic rings. The summed E-state index contributed by atoms with van der Waals surface area (Å²) in [6, 6.07) is 5.39. The van der Waals surface area contributed by atoms with Gasteiger partial charge in [0, 0.05) is 19.0 Å². The van der Waals surface area contributed by atoms with E-state index in [0.717, 1.165) is 16.8 Å². The highest BCUT2D eigenvalue weighted by Gasteiger charge is 2.05. The van der Waals surface area contributed by atoms with Gasteiger partial charge in [-0.1, -0.05) is 0 Å². The van der Waals surface area contributed by atoms with Gasteiger partial charge in [-0.3, -0.25) is 4.79 Å². The van der Waals surface area contributed by atoms with E-state index in [-0.39, 0.29) is 5.91 Å². The van der Waals surface area contributed by atoms with Crippen molar-refractivity contribution in [1.29, 1.82) is 0 Å². The fourth-order valence-electron chi connectivity index (χ4n) is 1.45. The number of oxazole rings is 1.